The Bertz CT molecular complexity index is 724. The number of rotatable bonds is 7. The number of benzene rings is 2. The van der Waals surface area contributed by atoms with E-state index in [2.05, 4.69) is 30.0 Å². The molecule has 0 N–H and O–H groups in total. The minimum atomic E-state index is -0.230. The fourth-order valence-corrected chi connectivity index (χ4v) is 3.35. The van der Waals surface area contributed by atoms with Crippen LogP contribution < -0.4 is 0 Å². The highest BCUT2D eigenvalue weighted by Crippen LogP contribution is 2.29. The second kappa shape index (κ2) is 9.35. The van der Waals surface area contributed by atoms with Gasteiger partial charge in [0.25, 0.3) is 0 Å². The van der Waals surface area contributed by atoms with Crippen LogP contribution in [0.1, 0.15) is 30.9 Å². The minimum absolute atomic E-state index is 0.134. The SMILES string of the molecule is CCCCN1CC=C(c2ccccc2)C(C(=O)OCc2ccccc2)C1. The smallest absolute Gasteiger partial charge is 0.315 e. The number of carbonyl (C=O) groups excluding carboxylic acids is 1. The molecule has 1 aliphatic rings. The summed E-state index contributed by atoms with van der Waals surface area (Å²) in [5, 5.41) is 0. The number of carbonyl (C=O) groups is 1. The van der Waals surface area contributed by atoms with Crippen LogP contribution in [0.15, 0.2) is 66.7 Å². The molecule has 1 atom stereocenters. The average Bonchev–Trinajstić information content (AvgIpc) is 2.71. The van der Waals surface area contributed by atoms with Crippen molar-refractivity contribution < 1.29 is 9.53 Å². The van der Waals surface area contributed by atoms with E-state index in [4.69, 9.17) is 4.74 Å². The van der Waals surface area contributed by atoms with E-state index < -0.39 is 0 Å². The van der Waals surface area contributed by atoms with E-state index in [1.807, 2.05) is 48.5 Å². The summed E-state index contributed by atoms with van der Waals surface area (Å²) in [5.41, 5.74) is 3.23. The Kier molecular flexibility index (Phi) is 6.62. The Labute approximate surface area is 156 Å². The van der Waals surface area contributed by atoms with Crippen LogP contribution in [0.5, 0.6) is 0 Å². The van der Waals surface area contributed by atoms with E-state index in [-0.39, 0.29) is 11.9 Å². The van der Waals surface area contributed by atoms with Gasteiger partial charge in [-0.15, -0.1) is 0 Å². The first kappa shape index (κ1) is 18.4. The second-order valence-corrected chi connectivity index (χ2v) is 6.78. The molecular weight excluding hydrogens is 322 g/mol. The summed E-state index contributed by atoms with van der Waals surface area (Å²) < 4.78 is 5.67. The zero-order chi connectivity index (χ0) is 18.2. The predicted octanol–water partition coefficient (Wildman–Crippen LogP) is 4.55. The molecule has 0 radical (unpaired) electrons. The molecule has 1 aliphatic heterocycles. The maximum Gasteiger partial charge on any atom is 0.315 e. The standard InChI is InChI=1S/C23H27NO2/c1-2-3-15-24-16-14-21(20-12-8-5-9-13-20)22(17-24)23(25)26-18-19-10-6-4-7-11-19/h4-14,22H,2-3,15-18H2,1H3. The first-order valence-corrected chi connectivity index (χ1v) is 9.46. The first-order valence-electron chi connectivity index (χ1n) is 9.46. The zero-order valence-corrected chi connectivity index (χ0v) is 15.4. The van der Waals surface area contributed by atoms with Crippen molar-refractivity contribution in [3.63, 3.8) is 0 Å². The number of esters is 1. The van der Waals surface area contributed by atoms with Crippen LogP contribution in [0, 0.1) is 5.92 Å². The predicted molar refractivity (Wildman–Crippen MR) is 105 cm³/mol. The van der Waals surface area contributed by atoms with E-state index in [1.165, 1.54) is 0 Å². The maximum atomic E-state index is 12.9. The number of hydrogen-bond donors (Lipinski definition) is 0. The zero-order valence-electron chi connectivity index (χ0n) is 15.4. The van der Waals surface area contributed by atoms with Gasteiger partial charge >= 0.3 is 5.97 Å². The Morgan fingerprint density at radius 1 is 1.08 bits per heavy atom. The van der Waals surface area contributed by atoms with Crippen LogP contribution in [0.4, 0.5) is 0 Å². The second-order valence-electron chi connectivity index (χ2n) is 6.78. The van der Waals surface area contributed by atoms with Gasteiger partial charge in [-0.2, -0.15) is 0 Å². The highest BCUT2D eigenvalue weighted by atomic mass is 16.5. The van der Waals surface area contributed by atoms with Crippen LogP contribution in [-0.2, 0) is 16.1 Å². The molecule has 0 aromatic heterocycles. The Morgan fingerprint density at radius 3 is 2.46 bits per heavy atom. The molecule has 3 rings (SSSR count). The summed E-state index contributed by atoms with van der Waals surface area (Å²) in [6.45, 7) is 5.17. The first-order chi connectivity index (χ1) is 12.8. The lowest BCUT2D eigenvalue weighted by atomic mass is 9.89. The molecule has 0 bridgehead atoms. The monoisotopic (exact) mass is 349 g/mol. The fraction of sp³-hybridized carbons (Fsp3) is 0.348. The van der Waals surface area contributed by atoms with Gasteiger partial charge in [-0.05, 0) is 29.7 Å². The topological polar surface area (TPSA) is 29.5 Å². The molecule has 0 fully saturated rings. The van der Waals surface area contributed by atoms with Crippen molar-refractivity contribution in [1.29, 1.82) is 0 Å². The van der Waals surface area contributed by atoms with E-state index in [0.717, 1.165) is 49.2 Å². The molecule has 26 heavy (non-hydrogen) atoms. The van der Waals surface area contributed by atoms with Gasteiger partial charge in [-0.1, -0.05) is 80.1 Å². The molecule has 0 saturated heterocycles. The van der Waals surface area contributed by atoms with Gasteiger partial charge in [0.2, 0.25) is 0 Å². The highest BCUT2D eigenvalue weighted by molar-refractivity contribution is 5.89. The Balaban J connectivity index is 1.73. The molecule has 1 heterocycles. The maximum absolute atomic E-state index is 12.9. The highest BCUT2D eigenvalue weighted by Gasteiger charge is 2.30. The number of unbranched alkanes of at least 4 members (excludes halogenated alkanes) is 1. The molecule has 136 valence electrons. The quantitative estimate of drug-likeness (QED) is 0.687. The van der Waals surface area contributed by atoms with Gasteiger partial charge < -0.3 is 4.74 Å². The Morgan fingerprint density at radius 2 is 1.77 bits per heavy atom. The molecule has 0 amide bonds. The summed E-state index contributed by atoms with van der Waals surface area (Å²) in [6.07, 6.45) is 4.51. The summed E-state index contributed by atoms with van der Waals surface area (Å²) in [5.74, 6) is -0.364. The van der Waals surface area contributed by atoms with Crippen LogP contribution in [-0.4, -0.2) is 30.5 Å². The summed E-state index contributed by atoms with van der Waals surface area (Å²) >= 11 is 0. The molecule has 1 unspecified atom stereocenters. The molecule has 3 heteroatoms. The number of nitrogens with zero attached hydrogens (tertiary/aromatic N) is 1. The molecule has 0 spiro atoms. The molecule has 3 nitrogen and oxygen atoms in total. The van der Waals surface area contributed by atoms with E-state index in [0.29, 0.717) is 6.61 Å². The van der Waals surface area contributed by atoms with Gasteiger partial charge in [-0.25, -0.2) is 0 Å². The lowest BCUT2D eigenvalue weighted by Crippen LogP contribution is -2.39. The minimum Gasteiger partial charge on any atom is -0.460 e. The van der Waals surface area contributed by atoms with Crippen molar-refractivity contribution in [2.45, 2.75) is 26.4 Å². The molecule has 0 aliphatic carbocycles. The molecular formula is C23H27NO2. The summed E-state index contributed by atoms with van der Waals surface area (Å²) in [4.78, 5) is 15.2. The van der Waals surface area contributed by atoms with Crippen molar-refractivity contribution in [2.75, 3.05) is 19.6 Å². The third-order valence-corrected chi connectivity index (χ3v) is 4.83. The van der Waals surface area contributed by atoms with E-state index in [1.54, 1.807) is 0 Å². The van der Waals surface area contributed by atoms with E-state index >= 15 is 0 Å². The van der Waals surface area contributed by atoms with Gasteiger partial charge in [-0.3, -0.25) is 9.69 Å². The van der Waals surface area contributed by atoms with Crippen molar-refractivity contribution in [2.24, 2.45) is 5.92 Å². The van der Waals surface area contributed by atoms with Crippen molar-refractivity contribution >= 4 is 11.5 Å². The Hall–Kier alpha value is -2.39. The largest absolute Gasteiger partial charge is 0.460 e. The van der Waals surface area contributed by atoms with Crippen molar-refractivity contribution in [3.8, 4) is 0 Å². The van der Waals surface area contributed by atoms with Gasteiger partial charge in [0.1, 0.15) is 6.61 Å². The van der Waals surface area contributed by atoms with Gasteiger partial charge in [0.15, 0.2) is 0 Å². The number of hydrogen-bond acceptors (Lipinski definition) is 3. The molecule has 2 aromatic carbocycles. The van der Waals surface area contributed by atoms with Gasteiger partial charge in [0, 0.05) is 13.1 Å². The van der Waals surface area contributed by atoms with Crippen LogP contribution in [0.3, 0.4) is 0 Å². The van der Waals surface area contributed by atoms with Crippen molar-refractivity contribution in [3.05, 3.63) is 77.9 Å². The third kappa shape index (κ3) is 4.83. The number of ether oxygens (including phenoxy) is 1. The summed E-state index contributed by atoms with van der Waals surface area (Å²) in [6, 6.07) is 20.0. The van der Waals surface area contributed by atoms with Crippen LogP contribution >= 0.6 is 0 Å². The normalized spacial score (nSPS) is 17.6. The third-order valence-electron chi connectivity index (χ3n) is 4.83. The summed E-state index contributed by atoms with van der Waals surface area (Å²) in [7, 11) is 0. The average molecular weight is 349 g/mol. The molecule has 0 saturated carbocycles. The van der Waals surface area contributed by atoms with E-state index in [9.17, 15) is 4.79 Å². The van der Waals surface area contributed by atoms with Gasteiger partial charge in [0.05, 0.1) is 5.92 Å². The lowest BCUT2D eigenvalue weighted by Gasteiger charge is -2.32. The van der Waals surface area contributed by atoms with Crippen LogP contribution in [0.25, 0.3) is 5.57 Å². The van der Waals surface area contributed by atoms with Crippen LogP contribution in [0.2, 0.25) is 0 Å². The van der Waals surface area contributed by atoms with Crippen molar-refractivity contribution in [1.82, 2.24) is 4.90 Å². The molecule has 2 aromatic rings. The lowest BCUT2D eigenvalue weighted by molar-refractivity contribution is -0.148. The fourth-order valence-electron chi connectivity index (χ4n) is 3.35.